The average Bonchev–Trinajstić information content (AvgIpc) is 2.71. The van der Waals surface area contributed by atoms with Gasteiger partial charge in [0.2, 0.25) is 0 Å². The van der Waals surface area contributed by atoms with Gasteiger partial charge in [-0.15, -0.1) is 0 Å². The summed E-state index contributed by atoms with van der Waals surface area (Å²) >= 11 is 0. The van der Waals surface area contributed by atoms with E-state index < -0.39 is 22.7 Å². The van der Waals surface area contributed by atoms with Crippen molar-refractivity contribution in [2.75, 3.05) is 18.6 Å². The summed E-state index contributed by atoms with van der Waals surface area (Å²) in [5, 5.41) is 10.00. The van der Waals surface area contributed by atoms with Crippen LogP contribution in [0, 0.1) is 11.8 Å². The van der Waals surface area contributed by atoms with Crippen LogP contribution < -0.4 is 0 Å². The molecule has 168 valence electrons. The fourth-order valence-electron chi connectivity index (χ4n) is 3.89. The van der Waals surface area contributed by atoms with Gasteiger partial charge in [0.05, 0.1) is 18.3 Å². The molecule has 0 radical (unpaired) electrons. The number of benzene rings is 2. The Labute approximate surface area is 186 Å². The minimum atomic E-state index is -3.17. The Morgan fingerprint density at radius 2 is 1.68 bits per heavy atom. The molecule has 0 aromatic heterocycles. The van der Waals surface area contributed by atoms with Crippen molar-refractivity contribution >= 4 is 22.7 Å². The molecule has 31 heavy (non-hydrogen) atoms. The van der Waals surface area contributed by atoms with E-state index in [0.717, 1.165) is 16.7 Å². The Hall–Kier alpha value is -2.12. The molecular formula is C24H33BO5S. The maximum Gasteiger partial charge on any atom is 0.308 e. The summed E-state index contributed by atoms with van der Waals surface area (Å²) < 4.78 is 28.4. The molecule has 0 fully saturated rings. The second-order valence-electron chi connectivity index (χ2n) is 8.32. The molecule has 0 saturated carbocycles. The minimum absolute atomic E-state index is 0.0385. The molecule has 2 atom stereocenters. The third-order valence-electron chi connectivity index (χ3n) is 5.33. The maximum atomic E-state index is 12.5. The lowest BCUT2D eigenvalue weighted by molar-refractivity contribution is -0.148. The van der Waals surface area contributed by atoms with E-state index in [1.807, 2.05) is 18.2 Å². The van der Waals surface area contributed by atoms with Crippen molar-refractivity contribution < 1.29 is 23.0 Å². The molecule has 0 saturated heterocycles. The molecule has 7 heteroatoms. The second kappa shape index (κ2) is 12.1. The third-order valence-corrected chi connectivity index (χ3v) is 6.31. The molecule has 2 aromatic carbocycles. The number of hydrogen-bond acceptors (Lipinski definition) is 5. The van der Waals surface area contributed by atoms with Gasteiger partial charge in [0, 0.05) is 6.26 Å². The highest BCUT2D eigenvalue weighted by Crippen LogP contribution is 2.27. The van der Waals surface area contributed by atoms with Gasteiger partial charge in [-0.1, -0.05) is 61.4 Å². The molecule has 5 nitrogen and oxygen atoms in total. The lowest BCUT2D eigenvalue weighted by Crippen LogP contribution is -2.26. The SMILES string of the molecule is CCOC(=O)[C@H](CCS(C)(=O)=O)C[C@H](CB(C)O)Cc1ccc(-c2ccccc2)cc1. The van der Waals surface area contributed by atoms with Crippen LogP contribution in [-0.2, 0) is 25.8 Å². The minimum Gasteiger partial charge on any atom is -0.466 e. The van der Waals surface area contributed by atoms with Crippen molar-refractivity contribution in [2.24, 2.45) is 11.8 Å². The normalized spacial score (nSPS) is 13.4. The van der Waals surface area contributed by atoms with Crippen molar-refractivity contribution in [3.8, 4) is 11.1 Å². The first-order valence-electron chi connectivity index (χ1n) is 10.8. The smallest absolute Gasteiger partial charge is 0.308 e. The number of carbonyl (C=O) groups is 1. The van der Waals surface area contributed by atoms with E-state index in [0.29, 0.717) is 19.2 Å². The lowest BCUT2D eigenvalue weighted by Gasteiger charge is -2.23. The molecule has 2 aromatic rings. The van der Waals surface area contributed by atoms with Crippen LogP contribution in [-0.4, -0.2) is 44.9 Å². The van der Waals surface area contributed by atoms with E-state index in [2.05, 4.69) is 36.4 Å². The molecule has 0 spiro atoms. The summed E-state index contributed by atoms with van der Waals surface area (Å²) in [6.45, 7) is 3.23. The molecule has 0 aliphatic rings. The summed E-state index contributed by atoms with van der Waals surface area (Å²) in [6.07, 6.45) is 3.14. The quantitative estimate of drug-likeness (QED) is 0.393. The van der Waals surface area contributed by atoms with Crippen LogP contribution in [0.15, 0.2) is 54.6 Å². The Morgan fingerprint density at radius 1 is 1.06 bits per heavy atom. The van der Waals surface area contributed by atoms with Gasteiger partial charge in [0.25, 0.3) is 6.92 Å². The largest absolute Gasteiger partial charge is 0.466 e. The summed E-state index contributed by atoms with van der Waals surface area (Å²) in [5.74, 6) is -0.872. The lowest BCUT2D eigenvalue weighted by atomic mass is 9.61. The van der Waals surface area contributed by atoms with E-state index in [1.165, 1.54) is 6.26 Å². The highest BCUT2D eigenvalue weighted by molar-refractivity contribution is 7.90. The standard InChI is InChI=1S/C24H33BO5S/c1-4-30-24(26)23(14-15-31(3,28)29)17-20(18-25(2)27)16-19-10-12-22(13-11-19)21-8-6-5-7-9-21/h5-13,20,23,27H,4,14-18H2,1-3H3/t20-,23-/m1/s1. The van der Waals surface area contributed by atoms with Crippen molar-refractivity contribution in [1.29, 1.82) is 0 Å². The van der Waals surface area contributed by atoms with Gasteiger partial charge < -0.3 is 9.76 Å². The molecule has 0 heterocycles. The summed E-state index contributed by atoms with van der Waals surface area (Å²) in [6, 6.07) is 18.5. The Morgan fingerprint density at radius 3 is 2.23 bits per heavy atom. The first kappa shape index (κ1) is 25.1. The highest BCUT2D eigenvalue weighted by Gasteiger charge is 2.27. The zero-order chi connectivity index (χ0) is 22.9. The van der Waals surface area contributed by atoms with Crippen LogP contribution in [0.4, 0.5) is 0 Å². The first-order valence-corrected chi connectivity index (χ1v) is 12.9. The van der Waals surface area contributed by atoms with Gasteiger partial charge in [0.15, 0.2) is 0 Å². The molecule has 0 aliphatic heterocycles. The van der Waals surface area contributed by atoms with Crippen LogP contribution in [0.1, 0.15) is 25.3 Å². The predicted molar refractivity (Wildman–Crippen MR) is 127 cm³/mol. The van der Waals surface area contributed by atoms with Gasteiger partial charge in [-0.25, -0.2) is 8.42 Å². The molecule has 0 amide bonds. The predicted octanol–water partition coefficient (Wildman–Crippen LogP) is 4.13. The Balaban J connectivity index is 2.13. The van der Waals surface area contributed by atoms with Gasteiger partial charge in [0.1, 0.15) is 9.84 Å². The average molecular weight is 444 g/mol. The highest BCUT2D eigenvalue weighted by atomic mass is 32.2. The zero-order valence-corrected chi connectivity index (χ0v) is 19.5. The van der Waals surface area contributed by atoms with Gasteiger partial charge in [-0.05, 0) is 55.1 Å². The summed E-state index contributed by atoms with van der Waals surface area (Å²) in [4.78, 5) is 12.5. The zero-order valence-electron chi connectivity index (χ0n) is 18.7. The fraction of sp³-hybridized carbons (Fsp3) is 0.458. The van der Waals surface area contributed by atoms with E-state index in [4.69, 9.17) is 4.74 Å². The van der Waals surface area contributed by atoms with Crippen molar-refractivity contribution in [2.45, 2.75) is 39.3 Å². The second-order valence-corrected chi connectivity index (χ2v) is 10.6. The van der Waals surface area contributed by atoms with Gasteiger partial charge in [-0.2, -0.15) is 0 Å². The Bertz CT molecular complexity index is 911. The summed E-state index contributed by atoms with van der Waals surface area (Å²) in [5.41, 5.74) is 3.41. The summed E-state index contributed by atoms with van der Waals surface area (Å²) in [7, 11) is -3.17. The van der Waals surface area contributed by atoms with E-state index in [9.17, 15) is 18.2 Å². The van der Waals surface area contributed by atoms with Crippen molar-refractivity contribution in [3.05, 3.63) is 60.2 Å². The molecular weight excluding hydrogens is 411 g/mol. The van der Waals surface area contributed by atoms with Crippen LogP contribution in [0.25, 0.3) is 11.1 Å². The van der Waals surface area contributed by atoms with Crippen molar-refractivity contribution in [3.63, 3.8) is 0 Å². The van der Waals surface area contributed by atoms with Crippen LogP contribution in [0.5, 0.6) is 0 Å². The van der Waals surface area contributed by atoms with Gasteiger partial charge >= 0.3 is 5.97 Å². The van der Waals surface area contributed by atoms with Crippen LogP contribution in [0.3, 0.4) is 0 Å². The molecule has 0 unspecified atom stereocenters. The molecule has 0 aliphatic carbocycles. The van der Waals surface area contributed by atoms with E-state index in [1.54, 1.807) is 13.7 Å². The Kier molecular flexibility index (Phi) is 9.78. The van der Waals surface area contributed by atoms with Crippen LogP contribution >= 0.6 is 0 Å². The monoisotopic (exact) mass is 444 g/mol. The fourth-order valence-corrected chi connectivity index (χ4v) is 4.61. The van der Waals surface area contributed by atoms with Crippen LogP contribution in [0.2, 0.25) is 13.1 Å². The first-order chi connectivity index (χ1) is 14.7. The van der Waals surface area contributed by atoms with Gasteiger partial charge in [-0.3, -0.25) is 4.79 Å². The molecule has 1 N–H and O–H groups in total. The molecule has 0 bridgehead atoms. The topological polar surface area (TPSA) is 80.7 Å². The third kappa shape index (κ3) is 9.27. The maximum absolute atomic E-state index is 12.5. The molecule has 2 rings (SSSR count). The number of carbonyl (C=O) groups excluding carboxylic acids is 1. The number of esters is 1. The van der Waals surface area contributed by atoms with E-state index >= 15 is 0 Å². The van der Waals surface area contributed by atoms with Crippen molar-refractivity contribution in [1.82, 2.24) is 0 Å². The number of rotatable bonds is 12. The van der Waals surface area contributed by atoms with E-state index in [-0.39, 0.29) is 30.7 Å². The number of sulfone groups is 1. The number of ether oxygens (including phenoxy) is 1. The number of hydrogen-bond donors (Lipinski definition) is 1.